The Bertz CT molecular complexity index is 535. The lowest BCUT2D eigenvalue weighted by atomic mass is 10.0. The first kappa shape index (κ1) is 11.4. The molecule has 0 fully saturated rings. The van der Waals surface area contributed by atoms with Gasteiger partial charge < -0.3 is 0 Å². The average Bonchev–Trinajstić information content (AvgIpc) is 2.39. The first-order valence-electron chi connectivity index (χ1n) is 5.33. The predicted octanol–water partition coefficient (Wildman–Crippen LogP) is 3.36. The van der Waals surface area contributed by atoms with Crippen molar-refractivity contribution >= 4 is 11.5 Å². The summed E-state index contributed by atoms with van der Waals surface area (Å²) in [6.07, 6.45) is 0. The van der Waals surface area contributed by atoms with E-state index in [1.165, 1.54) is 6.92 Å². The van der Waals surface area contributed by atoms with E-state index in [1.54, 1.807) is 12.1 Å². The van der Waals surface area contributed by atoms with Crippen molar-refractivity contribution < 1.29 is 10.0 Å². The summed E-state index contributed by atoms with van der Waals surface area (Å²) < 4.78 is 0. The zero-order valence-electron chi connectivity index (χ0n) is 9.47. The maximum atomic E-state index is 11.3. The fourth-order valence-electron chi connectivity index (χ4n) is 1.73. The number of anilines is 1. The fraction of sp³-hybridized carbons (Fsp3) is 0.0714. The van der Waals surface area contributed by atoms with Gasteiger partial charge in [-0.15, -0.1) is 0 Å². The van der Waals surface area contributed by atoms with Crippen molar-refractivity contribution in [3.8, 4) is 11.1 Å². The van der Waals surface area contributed by atoms with Crippen LogP contribution in [0.2, 0.25) is 0 Å². The van der Waals surface area contributed by atoms with Gasteiger partial charge in [-0.05, 0) is 18.6 Å². The number of carbonyl (C=O) groups is 1. The summed E-state index contributed by atoms with van der Waals surface area (Å²) in [6.45, 7) is 1.50. The van der Waals surface area contributed by atoms with Gasteiger partial charge in [0.05, 0.1) is 5.69 Å². The SMILES string of the molecule is CC(=O)c1ccc(-c2ccccc2)c(NO)c1. The van der Waals surface area contributed by atoms with Crippen LogP contribution in [0.3, 0.4) is 0 Å². The first-order chi connectivity index (χ1) is 8.22. The minimum absolute atomic E-state index is 0.0267. The highest BCUT2D eigenvalue weighted by atomic mass is 16.5. The molecule has 0 aliphatic heterocycles. The molecule has 2 aromatic carbocycles. The number of hydrogen-bond donors (Lipinski definition) is 2. The fourth-order valence-corrected chi connectivity index (χ4v) is 1.73. The van der Waals surface area contributed by atoms with Gasteiger partial charge in [0.1, 0.15) is 0 Å². The van der Waals surface area contributed by atoms with Gasteiger partial charge in [0.15, 0.2) is 5.78 Å². The van der Waals surface area contributed by atoms with Crippen LogP contribution in [-0.2, 0) is 0 Å². The molecule has 2 N–H and O–H groups in total. The first-order valence-corrected chi connectivity index (χ1v) is 5.33. The van der Waals surface area contributed by atoms with Crippen LogP contribution >= 0.6 is 0 Å². The smallest absolute Gasteiger partial charge is 0.159 e. The van der Waals surface area contributed by atoms with E-state index in [2.05, 4.69) is 5.48 Å². The largest absolute Gasteiger partial charge is 0.295 e. The normalized spacial score (nSPS) is 10.0. The summed E-state index contributed by atoms with van der Waals surface area (Å²) in [7, 11) is 0. The monoisotopic (exact) mass is 227 g/mol. The molecular formula is C14H13NO2. The highest BCUT2D eigenvalue weighted by Gasteiger charge is 2.07. The molecule has 0 saturated heterocycles. The summed E-state index contributed by atoms with van der Waals surface area (Å²) in [5, 5.41) is 9.12. The van der Waals surface area contributed by atoms with Crippen molar-refractivity contribution in [2.45, 2.75) is 6.92 Å². The van der Waals surface area contributed by atoms with E-state index in [9.17, 15) is 4.79 Å². The van der Waals surface area contributed by atoms with E-state index in [-0.39, 0.29) is 5.78 Å². The third kappa shape index (κ3) is 2.34. The molecule has 2 rings (SSSR count). The molecule has 0 heterocycles. The van der Waals surface area contributed by atoms with Gasteiger partial charge in [-0.1, -0.05) is 42.5 Å². The standard InChI is InChI=1S/C14H13NO2/c1-10(16)12-7-8-13(14(9-12)15-17)11-5-3-2-4-6-11/h2-9,15,17H,1H3. The molecule has 0 unspecified atom stereocenters. The highest BCUT2D eigenvalue weighted by molar-refractivity contribution is 5.96. The maximum Gasteiger partial charge on any atom is 0.159 e. The Morgan fingerprint density at radius 2 is 1.82 bits per heavy atom. The lowest BCUT2D eigenvalue weighted by Gasteiger charge is -2.09. The molecule has 0 aromatic heterocycles. The Hall–Kier alpha value is -2.13. The maximum absolute atomic E-state index is 11.3. The van der Waals surface area contributed by atoms with Crippen LogP contribution in [0.25, 0.3) is 11.1 Å². The van der Waals surface area contributed by atoms with Crippen molar-refractivity contribution in [3.63, 3.8) is 0 Å². The third-order valence-corrected chi connectivity index (χ3v) is 2.63. The molecule has 0 aliphatic rings. The predicted molar refractivity (Wildman–Crippen MR) is 67.3 cm³/mol. The molecular weight excluding hydrogens is 214 g/mol. The Balaban J connectivity index is 2.52. The van der Waals surface area contributed by atoms with Gasteiger partial charge in [-0.25, -0.2) is 0 Å². The lowest BCUT2D eigenvalue weighted by molar-refractivity contribution is 0.101. The molecule has 3 nitrogen and oxygen atoms in total. The van der Waals surface area contributed by atoms with E-state index >= 15 is 0 Å². The summed E-state index contributed by atoms with van der Waals surface area (Å²) in [5.41, 5.74) is 5.08. The van der Waals surface area contributed by atoms with E-state index in [0.717, 1.165) is 11.1 Å². The summed E-state index contributed by atoms with van der Waals surface area (Å²) in [4.78, 5) is 11.3. The van der Waals surface area contributed by atoms with Gasteiger partial charge in [0.25, 0.3) is 0 Å². The Morgan fingerprint density at radius 3 is 2.41 bits per heavy atom. The summed E-state index contributed by atoms with van der Waals surface area (Å²) >= 11 is 0. The molecule has 0 spiro atoms. The van der Waals surface area contributed by atoms with Crippen LogP contribution in [0.4, 0.5) is 5.69 Å². The van der Waals surface area contributed by atoms with Gasteiger partial charge in [-0.3, -0.25) is 15.5 Å². The molecule has 17 heavy (non-hydrogen) atoms. The second kappa shape index (κ2) is 4.80. The Morgan fingerprint density at radius 1 is 1.12 bits per heavy atom. The van der Waals surface area contributed by atoms with E-state index in [4.69, 9.17) is 5.21 Å². The molecule has 86 valence electrons. The number of rotatable bonds is 3. The quantitative estimate of drug-likeness (QED) is 0.624. The molecule has 0 saturated carbocycles. The summed E-state index contributed by atoms with van der Waals surface area (Å²) in [5.74, 6) is -0.0267. The van der Waals surface area contributed by atoms with Crippen molar-refractivity contribution in [1.82, 2.24) is 0 Å². The molecule has 0 radical (unpaired) electrons. The van der Waals surface area contributed by atoms with Crippen molar-refractivity contribution in [1.29, 1.82) is 0 Å². The number of Topliss-reactive ketones (excluding diaryl/α,β-unsaturated/α-hetero) is 1. The third-order valence-electron chi connectivity index (χ3n) is 2.63. The topological polar surface area (TPSA) is 49.3 Å². The van der Waals surface area contributed by atoms with Gasteiger partial charge in [-0.2, -0.15) is 0 Å². The molecule has 3 heteroatoms. The molecule has 0 bridgehead atoms. The highest BCUT2D eigenvalue weighted by Crippen LogP contribution is 2.28. The molecule has 0 atom stereocenters. The van der Waals surface area contributed by atoms with Gasteiger partial charge in [0, 0.05) is 11.1 Å². The number of ketones is 1. The number of carbonyl (C=O) groups excluding carboxylic acids is 1. The van der Waals surface area contributed by atoms with Crippen LogP contribution in [0.1, 0.15) is 17.3 Å². The second-order valence-electron chi connectivity index (χ2n) is 3.79. The zero-order valence-corrected chi connectivity index (χ0v) is 9.47. The van der Waals surface area contributed by atoms with E-state index in [1.807, 2.05) is 36.4 Å². The van der Waals surface area contributed by atoms with Crippen LogP contribution in [0.5, 0.6) is 0 Å². The number of nitrogens with one attached hydrogen (secondary N) is 1. The van der Waals surface area contributed by atoms with Crippen molar-refractivity contribution in [3.05, 3.63) is 54.1 Å². The Kier molecular flexibility index (Phi) is 3.21. The van der Waals surface area contributed by atoms with E-state index in [0.29, 0.717) is 11.3 Å². The molecule has 2 aromatic rings. The number of benzene rings is 2. The zero-order chi connectivity index (χ0) is 12.3. The van der Waals surface area contributed by atoms with Gasteiger partial charge in [0.2, 0.25) is 0 Å². The van der Waals surface area contributed by atoms with E-state index < -0.39 is 0 Å². The minimum atomic E-state index is -0.0267. The van der Waals surface area contributed by atoms with Crippen LogP contribution in [0.15, 0.2) is 48.5 Å². The molecule has 0 aliphatic carbocycles. The van der Waals surface area contributed by atoms with Gasteiger partial charge >= 0.3 is 0 Å². The van der Waals surface area contributed by atoms with Crippen molar-refractivity contribution in [2.75, 3.05) is 5.48 Å². The minimum Gasteiger partial charge on any atom is -0.295 e. The second-order valence-corrected chi connectivity index (χ2v) is 3.79. The lowest BCUT2D eigenvalue weighted by Crippen LogP contribution is -1.97. The van der Waals surface area contributed by atoms with Crippen LogP contribution in [-0.4, -0.2) is 11.0 Å². The Labute approximate surface area is 99.7 Å². The average molecular weight is 227 g/mol. The summed E-state index contributed by atoms with van der Waals surface area (Å²) in [6, 6.07) is 14.9. The molecule has 0 amide bonds. The van der Waals surface area contributed by atoms with Crippen LogP contribution < -0.4 is 5.48 Å². The number of hydrogen-bond acceptors (Lipinski definition) is 3. The van der Waals surface area contributed by atoms with Crippen LogP contribution in [0, 0.1) is 0 Å². The van der Waals surface area contributed by atoms with Crippen molar-refractivity contribution in [2.24, 2.45) is 0 Å².